The third-order valence-corrected chi connectivity index (χ3v) is 2.03. The fourth-order valence-corrected chi connectivity index (χ4v) is 1.37. The summed E-state index contributed by atoms with van der Waals surface area (Å²) in [6.45, 7) is -3.03. The van der Waals surface area contributed by atoms with Crippen molar-refractivity contribution in [2.75, 3.05) is 0 Å². The average Bonchev–Trinajstić information content (AvgIpc) is 2.67. The van der Waals surface area contributed by atoms with Gasteiger partial charge >= 0.3 is 18.7 Å². The highest BCUT2D eigenvalue weighted by molar-refractivity contribution is 5.90. The number of aromatic nitrogens is 1. The zero-order chi connectivity index (χ0) is 13.1. The van der Waals surface area contributed by atoms with Gasteiger partial charge in [0.1, 0.15) is 5.52 Å². The Bertz CT molecular complexity index is 606. The summed E-state index contributed by atoms with van der Waals surface area (Å²) in [5.74, 6) is -1.13. The van der Waals surface area contributed by atoms with Crippen molar-refractivity contribution in [2.24, 2.45) is 0 Å². The second-order valence-electron chi connectivity index (χ2n) is 3.22. The van der Waals surface area contributed by atoms with Crippen LogP contribution in [0.25, 0.3) is 17.2 Å². The lowest BCUT2D eigenvalue weighted by Crippen LogP contribution is -2.01. The number of oxazole rings is 1. The van der Waals surface area contributed by atoms with E-state index in [2.05, 4.69) is 9.72 Å². The van der Waals surface area contributed by atoms with Gasteiger partial charge in [0.15, 0.2) is 5.58 Å². The summed E-state index contributed by atoms with van der Waals surface area (Å²) in [6.07, 6.45) is 1.65. The molecule has 7 heteroatoms. The van der Waals surface area contributed by atoms with Gasteiger partial charge in [0.25, 0.3) is 0 Å². The van der Waals surface area contributed by atoms with E-state index in [9.17, 15) is 13.6 Å². The number of hydrogen-bond acceptors (Lipinski definition) is 4. The maximum absolute atomic E-state index is 12.0. The minimum atomic E-state index is -3.03. The van der Waals surface area contributed by atoms with E-state index < -0.39 is 18.7 Å². The van der Waals surface area contributed by atoms with Crippen molar-refractivity contribution in [1.82, 2.24) is 4.98 Å². The van der Waals surface area contributed by atoms with Crippen molar-refractivity contribution >= 4 is 23.1 Å². The molecule has 0 saturated heterocycles. The fourth-order valence-electron chi connectivity index (χ4n) is 1.37. The van der Waals surface area contributed by atoms with Crippen LogP contribution in [0.3, 0.4) is 0 Å². The first-order valence-corrected chi connectivity index (χ1v) is 4.81. The molecule has 0 aliphatic rings. The van der Waals surface area contributed by atoms with E-state index in [4.69, 9.17) is 9.52 Å². The van der Waals surface area contributed by atoms with Gasteiger partial charge in [-0.1, -0.05) is 12.1 Å². The maximum Gasteiger partial charge on any atom is 0.399 e. The van der Waals surface area contributed by atoms with Crippen LogP contribution in [0.15, 0.2) is 28.7 Å². The first kappa shape index (κ1) is 12.0. The Balaban J connectivity index is 2.42. The lowest BCUT2D eigenvalue weighted by atomic mass is 10.2. The Morgan fingerprint density at radius 1 is 1.50 bits per heavy atom. The number of carboxylic acid groups (broad SMARTS) is 1. The summed E-state index contributed by atoms with van der Waals surface area (Å²) in [4.78, 5) is 14.1. The summed E-state index contributed by atoms with van der Waals surface area (Å²) in [6, 6.07) is 4.68. The minimum absolute atomic E-state index is 0.234. The van der Waals surface area contributed by atoms with Crippen molar-refractivity contribution in [3.05, 3.63) is 29.8 Å². The number of halogens is 2. The summed E-state index contributed by atoms with van der Waals surface area (Å²) in [5, 5.41) is 8.52. The van der Waals surface area contributed by atoms with E-state index in [0.717, 1.165) is 6.08 Å². The second-order valence-corrected chi connectivity index (χ2v) is 3.22. The molecular formula is C11H7F2NO4. The highest BCUT2D eigenvalue weighted by atomic mass is 19.3. The number of aliphatic carboxylic acids is 1. The molecule has 2 rings (SSSR count). The molecule has 94 valence electrons. The first-order chi connectivity index (χ1) is 8.56. The third kappa shape index (κ3) is 2.62. The molecule has 0 atom stereocenters. The first-order valence-electron chi connectivity index (χ1n) is 4.81. The Morgan fingerprint density at radius 2 is 2.28 bits per heavy atom. The van der Waals surface area contributed by atoms with Crippen LogP contribution in [0, 0.1) is 0 Å². The van der Waals surface area contributed by atoms with Crippen LogP contribution in [-0.4, -0.2) is 22.7 Å². The highest BCUT2D eigenvalue weighted by Gasteiger charge is 2.13. The van der Waals surface area contributed by atoms with Crippen LogP contribution in [0.1, 0.15) is 5.56 Å². The van der Waals surface area contributed by atoms with E-state index in [1.807, 2.05) is 0 Å². The van der Waals surface area contributed by atoms with Gasteiger partial charge in [-0.15, -0.1) is 0 Å². The quantitative estimate of drug-likeness (QED) is 0.850. The Hall–Kier alpha value is -2.44. The monoisotopic (exact) mass is 255 g/mol. The molecule has 0 aliphatic heterocycles. The predicted octanol–water partition coefficient (Wildman–Crippen LogP) is 2.53. The van der Waals surface area contributed by atoms with Crippen molar-refractivity contribution in [3.63, 3.8) is 0 Å². The molecule has 0 radical (unpaired) electrons. The predicted molar refractivity (Wildman–Crippen MR) is 57.3 cm³/mol. The molecule has 1 aromatic heterocycles. The molecule has 18 heavy (non-hydrogen) atoms. The van der Waals surface area contributed by atoms with E-state index >= 15 is 0 Å². The van der Waals surface area contributed by atoms with Crippen LogP contribution >= 0.6 is 0 Å². The van der Waals surface area contributed by atoms with E-state index in [0.29, 0.717) is 5.56 Å². The van der Waals surface area contributed by atoms with Gasteiger partial charge in [0.05, 0.1) is 0 Å². The summed E-state index contributed by atoms with van der Waals surface area (Å²) in [5.41, 5.74) is 0.923. The second kappa shape index (κ2) is 4.82. The number of fused-ring (bicyclic) bond motifs is 1. The summed E-state index contributed by atoms with van der Waals surface area (Å²) < 4.78 is 32.9. The average molecular weight is 255 g/mol. The van der Waals surface area contributed by atoms with Gasteiger partial charge in [-0.25, -0.2) is 4.79 Å². The van der Waals surface area contributed by atoms with Crippen molar-refractivity contribution in [3.8, 4) is 6.08 Å². The molecule has 0 aliphatic carbocycles. The van der Waals surface area contributed by atoms with Crippen LogP contribution in [0.5, 0.6) is 6.08 Å². The smallest absolute Gasteiger partial charge is 0.399 e. The number of carboxylic acids is 1. The topological polar surface area (TPSA) is 72.6 Å². The summed E-state index contributed by atoms with van der Waals surface area (Å²) in [7, 11) is 0. The van der Waals surface area contributed by atoms with Crippen molar-refractivity contribution in [1.29, 1.82) is 0 Å². The normalized spacial score (nSPS) is 11.5. The molecule has 1 heterocycles. The van der Waals surface area contributed by atoms with Gasteiger partial charge in [-0.3, -0.25) is 0 Å². The zero-order valence-electron chi connectivity index (χ0n) is 8.84. The lowest BCUT2D eigenvalue weighted by molar-refractivity contribution is -0.131. The molecule has 2 aromatic rings. The molecule has 5 nitrogen and oxygen atoms in total. The fraction of sp³-hybridized carbons (Fsp3) is 0.0909. The standard InChI is InChI=1S/C11H7F2NO4/c12-10(13)18-11-14-9-6(4-5-8(15)16)2-1-3-7(9)17-11/h1-5,10H,(H,15,16)/b5-4+. The van der Waals surface area contributed by atoms with E-state index in [-0.39, 0.29) is 11.1 Å². The number of nitrogens with zero attached hydrogens (tertiary/aromatic N) is 1. The number of para-hydroxylation sites is 1. The van der Waals surface area contributed by atoms with Gasteiger partial charge in [0, 0.05) is 11.6 Å². The number of hydrogen-bond donors (Lipinski definition) is 1. The van der Waals surface area contributed by atoms with Crippen LogP contribution < -0.4 is 4.74 Å². The number of benzene rings is 1. The molecule has 0 spiro atoms. The van der Waals surface area contributed by atoms with Crippen molar-refractivity contribution in [2.45, 2.75) is 6.61 Å². The Morgan fingerprint density at radius 3 is 2.94 bits per heavy atom. The highest BCUT2D eigenvalue weighted by Crippen LogP contribution is 2.25. The molecular weight excluding hydrogens is 248 g/mol. The largest absolute Gasteiger partial charge is 0.478 e. The molecule has 0 amide bonds. The maximum atomic E-state index is 12.0. The molecule has 0 bridgehead atoms. The number of alkyl halides is 2. The molecule has 0 saturated carbocycles. The zero-order valence-corrected chi connectivity index (χ0v) is 8.84. The lowest BCUT2D eigenvalue weighted by Gasteiger charge is -1.94. The van der Waals surface area contributed by atoms with Gasteiger partial charge in [0.2, 0.25) is 0 Å². The minimum Gasteiger partial charge on any atom is -0.478 e. The summed E-state index contributed by atoms with van der Waals surface area (Å²) >= 11 is 0. The number of ether oxygens (including phenoxy) is 1. The molecule has 1 aromatic carbocycles. The van der Waals surface area contributed by atoms with Gasteiger partial charge in [-0.05, 0) is 12.1 Å². The molecule has 0 fully saturated rings. The van der Waals surface area contributed by atoms with Crippen molar-refractivity contribution < 1.29 is 27.8 Å². The number of carbonyl (C=O) groups is 1. The van der Waals surface area contributed by atoms with E-state index in [1.54, 1.807) is 12.1 Å². The Kier molecular flexibility index (Phi) is 3.22. The molecule has 0 unspecified atom stereocenters. The third-order valence-electron chi connectivity index (χ3n) is 2.03. The van der Waals surface area contributed by atoms with Gasteiger partial charge in [-0.2, -0.15) is 13.8 Å². The van der Waals surface area contributed by atoms with Gasteiger partial charge < -0.3 is 14.3 Å². The number of rotatable bonds is 4. The SMILES string of the molecule is O=C(O)/C=C/c1cccc2oc(OC(F)F)nc12. The van der Waals surface area contributed by atoms with Crippen LogP contribution in [-0.2, 0) is 4.79 Å². The van der Waals surface area contributed by atoms with Crippen LogP contribution in [0.2, 0.25) is 0 Å². The van der Waals surface area contributed by atoms with Crippen LogP contribution in [0.4, 0.5) is 8.78 Å². The Labute approximate surface area is 99.3 Å². The van der Waals surface area contributed by atoms with E-state index in [1.165, 1.54) is 12.1 Å². The molecule has 1 N–H and O–H groups in total.